The zero-order valence-electron chi connectivity index (χ0n) is 12.4. The Bertz CT molecular complexity index is 645. The number of hydrogen-bond acceptors (Lipinski definition) is 3. The fourth-order valence-corrected chi connectivity index (χ4v) is 4.79. The van der Waals surface area contributed by atoms with E-state index in [1.165, 1.54) is 0 Å². The number of fused-ring (bicyclic) bond motifs is 1. The van der Waals surface area contributed by atoms with Crippen LogP contribution < -0.4 is 9.46 Å². The van der Waals surface area contributed by atoms with Crippen molar-refractivity contribution in [3.63, 3.8) is 0 Å². The molecule has 0 saturated carbocycles. The largest absolute Gasteiger partial charge is 0.487 e. The molecule has 1 aliphatic heterocycles. The van der Waals surface area contributed by atoms with Crippen LogP contribution in [0.15, 0.2) is 21.5 Å². The van der Waals surface area contributed by atoms with E-state index >= 15 is 0 Å². The maximum Gasteiger partial charge on any atom is 0.242 e. The van der Waals surface area contributed by atoms with Crippen LogP contribution in [-0.2, 0) is 16.4 Å². The van der Waals surface area contributed by atoms with Crippen LogP contribution in [0.1, 0.15) is 40.2 Å². The Balaban J connectivity index is 2.46. The van der Waals surface area contributed by atoms with Crippen molar-refractivity contribution in [2.45, 2.75) is 57.1 Å². The number of hydrogen-bond donors (Lipinski definition) is 1. The molecule has 0 saturated heterocycles. The Kier molecular flexibility index (Phi) is 3.72. The summed E-state index contributed by atoms with van der Waals surface area (Å²) < 4.78 is 33.9. The highest BCUT2D eigenvalue weighted by atomic mass is 79.9. The summed E-state index contributed by atoms with van der Waals surface area (Å²) in [6.07, 6.45) is 0.772. The van der Waals surface area contributed by atoms with Crippen molar-refractivity contribution in [1.82, 2.24) is 4.72 Å². The van der Waals surface area contributed by atoms with E-state index in [9.17, 15) is 8.42 Å². The zero-order valence-corrected chi connectivity index (χ0v) is 14.8. The second kappa shape index (κ2) is 4.71. The minimum atomic E-state index is -3.58. The van der Waals surface area contributed by atoms with Gasteiger partial charge in [-0.05, 0) is 62.2 Å². The van der Waals surface area contributed by atoms with E-state index in [0.717, 1.165) is 12.0 Å². The molecule has 0 aromatic heterocycles. The molecule has 20 heavy (non-hydrogen) atoms. The summed E-state index contributed by atoms with van der Waals surface area (Å²) in [6, 6.07) is 3.43. The van der Waals surface area contributed by atoms with Crippen molar-refractivity contribution in [1.29, 1.82) is 0 Å². The fraction of sp³-hybridized carbons (Fsp3) is 0.571. The molecule has 0 atom stereocenters. The molecule has 0 amide bonds. The Morgan fingerprint density at radius 3 is 2.45 bits per heavy atom. The van der Waals surface area contributed by atoms with Crippen molar-refractivity contribution >= 4 is 26.0 Å². The lowest BCUT2D eigenvalue weighted by Crippen LogP contribution is -2.40. The van der Waals surface area contributed by atoms with Gasteiger partial charge in [0.15, 0.2) is 0 Å². The van der Waals surface area contributed by atoms with E-state index in [4.69, 9.17) is 4.74 Å². The van der Waals surface area contributed by atoms with Gasteiger partial charge in [-0.1, -0.05) is 0 Å². The molecule has 0 bridgehead atoms. The van der Waals surface area contributed by atoms with Gasteiger partial charge in [0, 0.05) is 22.5 Å². The third-order valence-electron chi connectivity index (χ3n) is 2.85. The molecule has 2 rings (SSSR count). The Hall–Kier alpha value is -0.590. The number of halogens is 1. The fourth-order valence-electron chi connectivity index (χ4n) is 2.27. The highest BCUT2D eigenvalue weighted by Gasteiger charge is 2.33. The molecule has 0 unspecified atom stereocenters. The van der Waals surface area contributed by atoms with Gasteiger partial charge in [0.1, 0.15) is 11.4 Å². The quantitative estimate of drug-likeness (QED) is 0.879. The molecular formula is C14H20BrNO3S. The molecule has 4 nitrogen and oxygen atoms in total. The number of rotatable bonds is 2. The lowest BCUT2D eigenvalue weighted by Gasteiger charge is -2.21. The molecule has 0 aliphatic carbocycles. The van der Waals surface area contributed by atoms with E-state index in [2.05, 4.69) is 20.7 Å². The van der Waals surface area contributed by atoms with Crippen LogP contribution in [-0.4, -0.2) is 19.6 Å². The molecule has 1 heterocycles. The summed E-state index contributed by atoms with van der Waals surface area (Å²) in [5.74, 6) is 0.646. The average molecular weight is 362 g/mol. The van der Waals surface area contributed by atoms with Gasteiger partial charge < -0.3 is 4.74 Å². The summed E-state index contributed by atoms with van der Waals surface area (Å²) in [7, 11) is -3.58. The van der Waals surface area contributed by atoms with Crippen LogP contribution in [0.2, 0.25) is 0 Å². The molecule has 1 aromatic carbocycles. The topological polar surface area (TPSA) is 55.4 Å². The lowest BCUT2D eigenvalue weighted by atomic mass is 10.0. The summed E-state index contributed by atoms with van der Waals surface area (Å²) in [6.45, 7) is 9.41. The van der Waals surface area contributed by atoms with Gasteiger partial charge in [0.05, 0.1) is 4.90 Å². The van der Waals surface area contributed by atoms with Crippen molar-refractivity contribution in [2.75, 3.05) is 0 Å². The molecule has 1 aliphatic rings. The second-order valence-corrected chi connectivity index (χ2v) is 9.29. The molecule has 1 N–H and O–H groups in total. The maximum atomic E-state index is 12.4. The molecular weight excluding hydrogens is 342 g/mol. The molecule has 1 aromatic rings. The monoisotopic (exact) mass is 361 g/mol. The van der Waals surface area contributed by atoms with Crippen LogP contribution in [0.4, 0.5) is 0 Å². The van der Waals surface area contributed by atoms with Crippen LogP contribution >= 0.6 is 15.9 Å². The van der Waals surface area contributed by atoms with E-state index < -0.39 is 15.6 Å². The van der Waals surface area contributed by atoms with Crippen LogP contribution in [0, 0.1) is 0 Å². The van der Waals surface area contributed by atoms with Gasteiger partial charge >= 0.3 is 0 Å². The summed E-state index contributed by atoms with van der Waals surface area (Å²) in [4.78, 5) is 0.212. The number of nitrogens with one attached hydrogen (secondary N) is 1. The van der Waals surface area contributed by atoms with E-state index in [0.29, 0.717) is 10.2 Å². The first-order chi connectivity index (χ1) is 8.90. The van der Waals surface area contributed by atoms with Gasteiger partial charge in [-0.3, -0.25) is 0 Å². The SMILES string of the molecule is CC(C)(C)NS(=O)(=O)c1cc2c(cc1Br)CC(C)(C)O2. The van der Waals surface area contributed by atoms with E-state index in [-0.39, 0.29) is 10.5 Å². The Morgan fingerprint density at radius 2 is 1.90 bits per heavy atom. The van der Waals surface area contributed by atoms with Crippen molar-refractivity contribution in [3.05, 3.63) is 22.2 Å². The standard InChI is InChI=1S/C14H20BrNO3S/c1-13(2,3)16-20(17,18)12-7-11-9(6-10(12)15)8-14(4,5)19-11/h6-7,16H,8H2,1-5H3. The van der Waals surface area contributed by atoms with Gasteiger partial charge in [-0.2, -0.15) is 0 Å². The van der Waals surface area contributed by atoms with Crippen LogP contribution in [0.25, 0.3) is 0 Å². The van der Waals surface area contributed by atoms with Crippen LogP contribution in [0.3, 0.4) is 0 Å². The van der Waals surface area contributed by atoms with Crippen LogP contribution in [0.5, 0.6) is 5.75 Å². The van der Waals surface area contributed by atoms with Crippen molar-refractivity contribution in [3.8, 4) is 5.75 Å². The Morgan fingerprint density at radius 1 is 1.30 bits per heavy atom. The minimum absolute atomic E-state index is 0.212. The number of sulfonamides is 1. The molecule has 0 fully saturated rings. The second-order valence-electron chi connectivity index (χ2n) is 6.78. The van der Waals surface area contributed by atoms with E-state index in [1.807, 2.05) is 40.7 Å². The predicted molar refractivity (Wildman–Crippen MR) is 82.6 cm³/mol. The molecule has 112 valence electrons. The predicted octanol–water partition coefficient (Wildman–Crippen LogP) is 3.24. The first-order valence-corrected chi connectivity index (χ1v) is 8.73. The Labute approximate surface area is 129 Å². The van der Waals surface area contributed by atoms with Crippen molar-refractivity contribution in [2.24, 2.45) is 0 Å². The maximum absolute atomic E-state index is 12.4. The average Bonchev–Trinajstić information content (AvgIpc) is 2.45. The van der Waals surface area contributed by atoms with Gasteiger partial charge in [-0.15, -0.1) is 0 Å². The minimum Gasteiger partial charge on any atom is -0.487 e. The smallest absolute Gasteiger partial charge is 0.242 e. The van der Waals surface area contributed by atoms with Crippen molar-refractivity contribution < 1.29 is 13.2 Å². The summed E-state index contributed by atoms with van der Waals surface area (Å²) in [5.41, 5.74) is 0.204. The highest BCUT2D eigenvalue weighted by molar-refractivity contribution is 9.10. The third-order valence-corrected chi connectivity index (χ3v) is 5.56. The first-order valence-electron chi connectivity index (χ1n) is 6.45. The normalized spacial score (nSPS) is 17.7. The zero-order chi connectivity index (χ0) is 15.3. The van der Waals surface area contributed by atoms with Gasteiger partial charge in [-0.25, -0.2) is 13.1 Å². The van der Waals surface area contributed by atoms with Gasteiger partial charge in [0.25, 0.3) is 0 Å². The lowest BCUT2D eigenvalue weighted by molar-refractivity contribution is 0.138. The molecule has 6 heteroatoms. The first kappa shape index (κ1) is 15.8. The third kappa shape index (κ3) is 3.35. The van der Waals surface area contributed by atoms with Gasteiger partial charge in [0.2, 0.25) is 10.0 Å². The van der Waals surface area contributed by atoms with E-state index in [1.54, 1.807) is 6.07 Å². The molecule has 0 spiro atoms. The highest BCUT2D eigenvalue weighted by Crippen LogP contribution is 2.39. The number of benzene rings is 1. The number of ether oxygens (including phenoxy) is 1. The molecule has 0 radical (unpaired) electrons. The summed E-state index contributed by atoms with van der Waals surface area (Å²) in [5, 5.41) is 0. The summed E-state index contributed by atoms with van der Waals surface area (Å²) >= 11 is 3.36.